The molecule has 0 amide bonds. The van der Waals surface area contributed by atoms with Crippen LogP contribution in [-0.2, 0) is 10.0 Å². The Morgan fingerprint density at radius 1 is 1.55 bits per heavy atom. The molecule has 0 spiro atoms. The van der Waals surface area contributed by atoms with E-state index in [0.29, 0.717) is 5.92 Å². The summed E-state index contributed by atoms with van der Waals surface area (Å²) in [4.78, 5) is 10.1. The first kappa shape index (κ1) is 15.2. The van der Waals surface area contributed by atoms with Crippen LogP contribution in [0, 0.1) is 17.7 Å². The van der Waals surface area contributed by atoms with Gasteiger partial charge in [0.05, 0.1) is 5.56 Å². The number of carbonyl (C=O) groups is 1. The maximum absolute atomic E-state index is 14.0. The van der Waals surface area contributed by atoms with Gasteiger partial charge in [0.25, 0.3) is 0 Å². The lowest BCUT2D eigenvalue weighted by Crippen LogP contribution is -2.27. The standard InChI is InChI=1S/C12H13ClFNO4S/c1-6-2-7(6)5-15-20(18,19)10-4-8(13)3-9(11(10)14)12(16)17/h3-4,6-7,15H,2,5H2,1H3,(H,16,17). The van der Waals surface area contributed by atoms with Crippen LogP contribution in [0.4, 0.5) is 4.39 Å². The van der Waals surface area contributed by atoms with Gasteiger partial charge in [0.2, 0.25) is 10.0 Å². The van der Waals surface area contributed by atoms with Crippen LogP contribution in [0.3, 0.4) is 0 Å². The third kappa shape index (κ3) is 3.11. The van der Waals surface area contributed by atoms with Gasteiger partial charge in [-0.2, -0.15) is 0 Å². The molecule has 1 aromatic rings. The van der Waals surface area contributed by atoms with E-state index in [0.717, 1.165) is 18.6 Å². The van der Waals surface area contributed by atoms with Crippen molar-refractivity contribution in [2.75, 3.05) is 6.54 Å². The van der Waals surface area contributed by atoms with Gasteiger partial charge in [0, 0.05) is 11.6 Å². The van der Waals surface area contributed by atoms with Gasteiger partial charge in [-0.15, -0.1) is 0 Å². The highest BCUT2D eigenvalue weighted by molar-refractivity contribution is 7.89. The van der Waals surface area contributed by atoms with E-state index in [-0.39, 0.29) is 17.5 Å². The number of aromatic carboxylic acids is 1. The molecule has 2 N–H and O–H groups in total. The van der Waals surface area contributed by atoms with Crippen LogP contribution >= 0.6 is 11.6 Å². The van der Waals surface area contributed by atoms with Gasteiger partial charge < -0.3 is 5.11 Å². The second-order valence-corrected chi connectivity index (χ2v) is 7.07. The van der Waals surface area contributed by atoms with E-state index in [2.05, 4.69) is 4.72 Å². The Morgan fingerprint density at radius 2 is 2.15 bits per heavy atom. The van der Waals surface area contributed by atoms with Crippen molar-refractivity contribution in [2.24, 2.45) is 11.8 Å². The molecule has 110 valence electrons. The van der Waals surface area contributed by atoms with Crippen LogP contribution in [-0.4, -0.2) is 26.0 Å². The van der Waals surface area contributed by atoms with Crippen LogP contribution in [0.25, 0.3) is 0 Å². The van der Waals surface area contributed by atoms with Gasteiger partial charge in [-0.1, -0.05) is 18.5 Å². The number of carboxylic acids is 1. The molecule has 2 atom stereocenters. The highest BCUT2D eigenvalue weighted by atomic mass is 35.5. The van der Waals surface area contributed by atoms with Crippen LogP contribution in [0.15, 0.2) is 17.0 Å². The number of sulfonamides is 1. The highest BCUT2D eigenvalue weighted by Crippen LogP contribution is 2.37. The van der Waals surface area contributed by atoms with Crippen LogP contribution in [0.2, 0.25) is 5.02 Å². The minimum absolute atomic E-state index is 0.149. The molecule has 5 nitrogen and oxygen atoms in total. The average Bonchev–Trinajstić information content (AvgIpc) is 3.05. The monoisotopic (exact) mass is 321 g/mol. The largest absolute Gasteiger partial charge is 0.478 e. The smallest absolute Gasteiger partial charge is 0.338 e. The molecule has 0 heterocycles. The van der Waals surface area contributed by atoms with Gasteiger partial charge in [-0.05, 0) is 30.4 Å². The van der Waals surface area contributed by atoms with E-state index < -0.39 is 32.3 Å². The van der Waals surface area contributed by atoms with E-state index in [1.54, 1.807) is 0 Å². The molecule has 1 saturated carbocycles. The third-order valence-corrected chi connectivity index (χ3v) is 4.98. The Labute approximate surface area is 120 Å². The SMILES string of the molecule is CC1CC1CNS(=O)(=O)c1cc(Cl)cc(C(=O)O)c1F. The van der Waals surface area contributed by atoms with E-state index in [1.807, 2.05) is 6.92 Å². The number of nitrogens with one attached hydrogen (secondary N) is 1. The number of rotatable bonds is 5. The van der Waals surface area contributed by atoms with Crippen molar-refractivity contribution in [2.45, 2.75) is 18.2 Å². The zero-order valence-electron chi connectivity index (χ0n) is 10.6. The predicted octanol–water partition coefficient (Wildman–Crippen LogP) is 2.11. The molecule has 8 heteroatoms. The predicted molar refractivity (Wildman–Crippen MR) is 70.8 cm³/mol. The van der Waals surface area contributed by atoms with Gasteiger partial charge >= 0.3 is 5.97 Å². The van der Waals surface area contributed by atoms with Crippen LogP contribution < -0.4 is 4.72 Å². The van der Waals surface area contributed by atoms with Crippen molar-refractivity contribution in [1.29, 1.82) is 0 Å². The number of carboxylic acid groups (broad SMARTS) is 1. The molecule has 0 aromatic heterocycles. The molecule has 0 saturated heterocycles. The van der Waals surface area contributed by atoms with E-state index in [1.165, 1.54) is 0 Å². The summed E-state index contributed by atoms with van der Waals surface area (Å²) in [5, 5.41) is 8.68. The highest BCUT2D eigenvalue weighted by Gasteiger charge is 2.34. The minimum atomic E-state index is -4.12. The first-order valence-corrected chi connectivity index (χ1v) is 7.80. The second-order valence-electron chi connectivity index (χ2n) is 4.90. The topological polar surface area (TPSA) is 83.5 Å². The Kier molecular flexibility index (Phi) is 4.04. The Balaban J connectivity index is 2.33. The minimum Gasteiger partial charge on any atom is -0.478 e. The molecule has 20 heavy (non-hydrogen) atoms. The van der Waals surface area contributed by atoms with Crippen molar-refractivity contribution >= 4 is 27.6 Å². The summed E-state index contributed by atoms with van der Waals surface area (Å²) in [6.45, 7) is 2.19. The third-order valence-electron chi connectivity index (χ3n) is 3.34. The molecule has 0 bridgehead atoms. The fourth-order valence-electron chi connectivity index (χ4n) is 1.89. The summed E-state index contributed by atoms with van der Waals surface area (Å²) in [5.41, 5.74) is -0.766. The van der Waals surface area contributed by atoms with Crippen molar-refractivity contribution in [3.8, 4) is 0 Å². The molecular formula is C12H13ClFNO4S. The number of benzene rings is 1. The lowest BCUT2D eigenvalue weighted by molar-refractivity contribution is 0.0691. The zero-order valence-corrected chi connectivity index (χ0v) is 12.1. The molecule has 1 aliphatic rings. The van der Waals surface area contributed by atoms with Crippen LogP contribution in [0.1, 0.15) is 23.7 Å². The Hall–Kier alpha value is -1.18. The summed E-state index contributed by atoms with van der Waals surface area (Å²) in [6, 6.07) is 1.78. The van der Waals surface area contributed by atoms with Crippen molar-refractivity contribution < 1.29 is 22.7 Å². The molecule has 2 unspecified atom stereocenters. The molecular weight excluding hydrogens is 309 g/mol. The number of hydrogen-bond donors (Lipinski definition) is 2. The molecule has 1 aromatic carbocycles. The summed E-state index contributed by atoms with van der Waals surface area (Å²) >= 11 is 5.65. The number of hydrogen-bond acceptors (Lipinski definition) is 3. The van der Waals surface area contributed by atoms with Crippen molar-refractivity contribution in [3.63, 3.8) is 0 Å². The van der Waals surface area contributed by atoms with Gasteiger partial charge in [-0.25, -0.2) is 22.3 Å². The Bertz CT molecular complexity index is 662. The van der Waals surface area contributed by atoms with Gasteiger partial charge in [0.1, 0.15) is 4.90 Å². The van der Waals surface area contributed by atoms with E-state index in [9.17, 15) is 17.6 Å². The lowest BCUT2D eigenvalue weighted by Gasteiger charge is -2.09. The normalized spacial score (nSPS) is 21.8. The fourth-order valence-corrected chi connectivity index (χ4v) is 3.39. The summed E-state index contributed by atoms with van der Waals surface area (Å²) in [5.74, 6) is -2.20. The fraction of sp³-hybridized carbons (Fsp3) is 0.417. The van der Waals surface area contributed by atoms with Crippen molar-refractivity contribution in [1.82, 2.24) is 4.72 Å². The first-order valence-electron chi connectivity index (χ1n) is 5.94. The van der Waals surface area contributed by atoms with E-state index in [4.69, 9.17) is 16.7 Å². The van der Waals surface area contributed by atoms with Gasteiger partial charge in [-0.3, -0.25) is 0 Å². The average molecular weight is 322 g/mol. The quantitative estimate of drug-likeness (QED) is 0.870. The molecule has 2 rings (SSSR count). The Morgan fingerprint density at radius 3 is 2.65 bits per heavy atom. The molecule has 1 fully saturated rings. The van der Waals surface area contributed by atoms with Gasteiger partial charge in [0.15, 0.2) is 5.82 Å². The van der Waals surface area contributed by atoms with E-state index >= 15 is 0 Å². The number of halogens is 2. The van der Waals surface area contributed by atoms with Crippen LogP contribution in [0.5, 0.6) is 0 Å². The second kappa shape index (κ2) is 5.31. The summed E-state index contributed by atoms with van der Waals surface area (Å²) < 4.78 is 40.3. The molecule has 0 radical (unpaired) electrons. The molecule has 1 aliphatic carbocycles. The maximum Gasteiger partial charge on any atom is 0.338 e. The molecule has 0 aliphatic heterocycles. The summed E-state index contributed by atoms with van der Waals surface area (Å²) in [7, 11) is -4.12. The first-order chi connectivity index (χ1) is 9.22. The maximum atomic E-state index is 14.0. The lowest BCUT2D eigenvalue weighted by atomic mass is 10.2. The zero-order chi connectivity index (χ0) is 15.1. The van der Waals surface area contributed by atoms with Crippen molar-refractivity contribution in [3.05, 3.63) is 28.5 Å². The summed E-state index contributed by atoms with van der Waals surface area (Å²) in [6.07, 6.45) is 0.918.